The van der Waals surface area contributed by atoms with Crippen LogP contribution in [0.1, 0.15) is 31.7 Å². The summed E-state index contributed by atoms with van der Waals surface area (Å²) in [6, 6.07) is 9.64. The van der Waals surface area contributed by atoms with E-state index in [-0.39, 0.29) is 11.9 Å². The van der Waals surface area contributed by atoms with E-state index in [1.807, 2.05) is 30.3 Å². The normalized spacial score (nSPS) is 13.0. The second-order valence-electron chi connectivity index (χ2n) is 4.76. The molecule has 2 atom stereocenters. The van der Waals surface area contributed by atoms with E-state index in [2.05, 4.69) is 22.3 Å². The molecule has 0 spiro atoms. The van der Waals surface area contributed by atoms with Gasteiger partial charge in [0.2, 0.25) is 0 Å². The van der Waals surface area contributed by atoms with Crippen molar-refractivity contribution in [2.75, 3.05) is 19.7 Å². The van der Waals surface area contributed by atoms with E-state index in [0.717, 1.165) is 0 Å². The Labute approximate surface area is 125 Å². The van der Waals surface area contributed by atoms with Crippen molar-refractivity contribution in [1.82, 2.24) is 5.32 Å². The van der Waals surface area contributed by atoms with Crippen LogP contribution in [0.25, 0.3) is 10.4 Å². The van der Waals surface area contributed by atoms with Crippen molar-refractivity contribution in [2.24, 2.45) is 5.11 Å². The summed E-state index contributed by atoms with van der Waals surface area (Å²) in [7, 11) is 0. The Morgan fingerprint density at radius 1 is 1.43 bits per heavy atom. The number of ether oxygens (including phenoxy) is 1. The fraction of sp³-hybridized carbons (Fsp3) is 0.533. The largest absolute Gasteiger partial charge is 0.465 e. The molecular weight excluding hydrogens is 268 g/mol. The maximum absolute atomic E-state index is 12.0. The quantitative estimate of drug-likeness (QED) is 0.249. The van der Waals surface area contributed by atoms with Gasteiger partial charge in [-0.05, 0) is 30.4 Å². The van der Waals surface area contributed by atoms with Crippen LogP contribution in [0, 0.1) is 0 Å². The second kappa shape index (κ2) is 9.80. The van der Waals surface area contributed by atoms with Crippen molar-refractivity contribution in [3.63, 3.8) is 0 Å². The van der Waals surface area contributed by atoms with Crippen molar-refractivity contribution in [3.05, 3.63) is 46.3 Å². The third-order valence-electron chi connectivity index (χ3n) is 3.19. The molecule has 2 unspecified atom stereocenters. The maximum Gasteiger partial charge on any atom is 0.323 e. The number of nitrogens with one attached hydrogen (secondary N) is 1. The first-order valence-electron chi connectivity index (χ1n) is 7.14. The van der Waals surface area contributed by atoms with Crippen LogP contribution in [-0.2, 0) is 9.53 Å². The molecule has 6 nitrogen and oxygen atoms in total. The van der Waals surface area contributed by atoms with Crippen LogP contribution in [0.15, 0.2) is 35.4 Å². The summed E-state index contributed by atoms with van der Waals surface area (Å²) in [5.41, 5.74) is 9.44. The zero-order valence-corrected chi connectivity index (χ0v) is 12.5. The van der Waals surface area contributed by atoms with Crippen LogP contribution in [0.4, 0.5) is 0 Å². The molecule has 6 heteroatoms. The van der Waals surface area contributed by atoms with Gasteiger partial charge >= 0.3 is 5.97 Å². The van der Waals surface area contributed by atoms with Crippen molar-refractivity contribution in [1.29, 1.82) is 0 Å². The Morgan fingerprint density at radius 2 is 2.14 bits per heavy atom. The van der Waals surface area contributed by atoms with Gasteiger partial charge in [0.1, 0.15) is 6.04 Å². The molecule has 0 radical (unpaired) electrons. The van der Waals surface area contributed by atoms with Gasteiger partial charge in [-0.1, -0.05) is 42.4 Å². The number of carbonyl (C=O) groups is 1. The average molecular weight is 290 g/mol. The molecule has 0 aliphatic carbocycles. The maximum atomic E-state index is 12.0. The lowest BCUT2D eigenvalue weighted by atomic mass is 9.94. The summed E-state index contributed by atoms with van der Waals surface area (Å²) in [4.78, 5) is 14.7. The van der Waals surface area contributed by atoms with Gasteiger partial charge in [0.15, 0.2) is 0 Å². The predicted octanol–water partition coefficient (Wildman–Crippen LogP) is 3.01. The second-order valence-corrected chi connectivity index (χ2v) is 4.76. The van der Waals surface area contributed by atoms with Gasteiger partial charge in [0.25, 0.3) is 0 Å². The van der Waals surface area contributed by atoms with Gasteiger partial charge in [-0.15, -0.1) is 0 Å². The van der Waals surface area contributed by atoms with Crippen molar-refractivity contribution < 1.29 is 9.53 Å². The molecule has 0 aliphatic heterocycles. The molecule has 21 heavy (non-hydrogen) atoms. The fourth-order valence-electron chi connectivity index (χ4n) is 2.11. The van der Waals surface area contributed by atoms with Crippen LogP contribution in [0.5, 0.6) is 0 Å². The topological polar surface area (TPSA) is 87.1 Å². The molecule has 1 aromatic carbocycles. The Morgan fingerprint density at radius 3 is 2.76 bits per heavy atom. The molecule has 114 valence electrons. The summed E-state index contributed by atoms with van der Waals surface area (Å²) in [6.45, 7) is 4.99. The standard InChI is InChI=1S/C15H22N4O2/c1-3-21-15(20)14(17-9-10-18-19-16)11-12(2)13-7-5-4-6-8-13/h4-8,12,14,17H,3,9-11H2,1-2H3. The average Bonchev–Trinajstić information content (AvgIpc) is 2.51. The summed E-state index contributed by atoms with van der Waals surface area (Å²) in [5, 5.41) is 6.55. The summed E-state index contributed by atoms with van der Waals surface area (Å²) in [5.74, 6) is -0.0335. The number of rotatable bonds is 9. The van der Waals surface area contributed by atoms with Crippen LogP contribution >= 0.6 is 0 Å². The highest BCUT2D eigenvalue weighted by Gasteiger charge is 2.22. The van der Waals surface area contributed by atoms with Crippen LogP contribution in [0.3, 0.4) is 0 Å². The minimum atomic E-state index is -0.394. The van der Waals surface area contributed by atoms with Gasteiger partial charge in [-0.3, -0.25) is 4.79 Å². The van der Waals surface area contributed by atoms with E-state index < -0.39 is 6.04 Å². The fourth-order valence-corrected chi connectivity index (χ4v) is 2.11. The lowest BCUT2D eigenvalue weighted by Crippen LogP contribution is -2.40. The molecule has 0 aliphatic rings. The molecule has 0 fully saturated rings. The number of hydrogen-bond donors (Lipinski definition) is 1. The van der Waals surface area contributed by atoms with Crippen LogP contribution in [0.2, 0.25) is 0 Å². The zero-order chi connectivity index (χ0) is 15.5. The first-order chi connectivity index (χ1) is 10.2. The van der Waals surface area contributed by atoms with Gasteiger partial charge in [0, 0.05) is 18.0 Å². The highest BCUT2D eigenvalue weighted by molar-refractivity contribution is 5.75. The molecule has 1 rings (SSSR count). The zero-order valence-electron chi connectivity index (χ0n) is 12.5. The summed E-state index contributed by atoms with van der Waals surface area (Å²) in [6.07, 6.45) is 0.638. The Kier molecular flexibility index (Phi) is 7.94. The number of azide groups is 1. The highest BCUT2D eigenvalue weighted by atomic mass is 16.5. The minimum Gasteiger partial charge on any atom is -0.465 e. The number of benzene rings is 1. The molecule has 0 aromatic heterocycles. The SMILES string of the molecule is CCOC(=O)C(CC(C)c1ccccc1)NCCN=[N+]=[N-]. The summed E-state index contributed by atoms with van der Waals surface area (Å²) < 4.78 is 5.09. The number of nitrogens with zero attached hydrogens (tertiary/aromatic N) is 3. The molecule has 0 amide bonds. The van der Waals surface area contributed by atoms with Gasteiger partial charge < -0.3 is 10.1 Å². The number of carbonyl (C=O) groups excluding carboxylic acids is 1. The molecule has 0 saturated carbocycles. The molecular formula is C15H22N4O2. The molecule has 0 heterocycles. The smallest absolute Gasteiger partial charge is 0.323 e. The van der Waals surface area contributed by atoms with E-state index in [4.69, 9.17) is 10.3 Å². The molecule has 1 N–H and O–H groups in total. The lowest BCUT2D eigenvalue weighted by molar-refractivity contribution is -0.145. The predicted molar refractivity (Wildman–Crippen MR) is 81.9 cm³/mol. The van der Waals surface area contributed by atoms with Crippen molar-refractivity contribution in [3.8, 4) is 0 Å². The third kappa shape index (κ3) is 6.29. The third-order valence-corrected chi connectivity index (χ3v) is 3.19. The van der Waals surface area contributed by atoms with Crippen molar-refractivity contribution >= 4 is 5.97 Å². The van der Waals surface area contributed by atoms with Gasteiger partial charge in [0.05, 0.1) is 6.61 Å². The van der Waals surface area contributed by atoms with Gasteiger partial charge in [-0.25, -0.2) is 0 Å². The first kappa shape index (κ1) is 17.0. The minimum absolute atomic E-state index is 0.229. The van der Waals surface area contributed by atoms with Crippen LogP contribution in [-0.4, -0.2) is 31.7 Å². The van der Waals surface area contributed by atoms with E-state index in [0.29, 0.717) is 26.1 Å². The lowest BCUT2D eigenvalue weighted by Gasteiger charge is -2.21. The highest BCUT2D eigenvalue weighted by Crippen LogP contribution is 2.20. The first-order valence-corrected chi connectivity index (χ1v) is 7.14. The van der Waals surface area contributed by atoms with Gasteiger partial charge in [-0.2, -0.15) is 0 Å². The Bertz CT molecular complexity index is 472. The molecule has 1 aromatic rings. The monoisotopic (exact) mass is 290 g/mol. The Hall–Kier alpha value is -2.04. The molecule has 0 saturated heterocycles. The number of esters is 1. The summed E-state index contributed by atoms with van der Waals surface area (Å²) >= 11 is 0. The molecule has 0 bridgehead atoms. The van der Waals surface area contributed by atoms with E-state index in [1.54, 1.807) is 6.92 Å². The number of hydrogen-bond acceptors (Lipinski definition) is 4. The van der Waals surface area contributed by atoms with E-state index in [1.165, 1.54) is 5.56 Å². The Balaban J connectivity index is 2.62. The van der Waals surface area contributed by atoms with E-state index in [9.17, 15) is 4.79 Å². The van der Waals surface area contributed by atoms with Crippen LogP contribution < -0.4 is 5.32 Å². The van der Waals surface area contributed by atoms with Crippen molar-refractivity contribution in [2.45, 2.75) is 32.2 Å². The van der Waals surface area contributed by atoms with E-state index >= 15 is 0 Å².